The molecule has 0 spiro atoms. The van der Waals surface area contributed by atoms with Crippen molar-refractivity contribution < 1.29 is 13.9 Å². The van der Waals surface area contributed by atoms with Crippen LogP contribution in [0.4, 0.5) is 0 Å². The van der Waals surface area contributed by atoms with Crippen molar-refractivity contribution in [1.82, 2.24) is 4.98 Å². The number of fused-ring (bicyclic) bond motifs is 1. The standard InChI is InChI=1S/C19H13Cl2NO3/c1-3-8-24-18-13(20)9-12(11-17(18)23-2)10-14(21)19-22-15-6-4-5-7-16(15)25-19/h1,4-7,9-11H,8H2,2H3/b14-10-. The second-order valence-electron chi connectivity index (χ2n) is 5.01. The molecule has 3 aromatic rings. The first-order chi connectivity index (χ1) is 12.1. The van der Waals surface area contributed by atoms with Gasteiger partial charge in [0.15, 0.2) is 17.1 Å². The number of terminal acetylenes is 1. The van der Waals surface area contributed by atoms with Crippen molar-refractivity contribution in [2.24, 2.45) is 0 Å². The molecular formula is C19H13Cl2NO3. The summed E-state index contributed by atoms with van der Waals surface area (Å²) < 4.78 is 16.4. The number of nitrogens with zero attached hydrogens (tertiary/aromatic N) is 1. The highest BCUT2D eigenvalue weighted by Crippen LogP contribution is 2.37. The van der Waals surface area contributed by atoms with E-state index in [4.69, 9.17) is 43.5 Å². The predicted octanol–water partition coefficient (Wildman–Crippen LogP) is 5.24. The Labute approximate surface area is 155 Å². The monoisotopic (exact) mass is 373 g/mol. The van der Waals surface area contributed by atoms with Crippen LogP contribution in [0, 0.1) is 12.3 Å². The highest BCUT2D eigenvalue weighted by molar-refractivity contribution is 6.50. The molecule has 0 atom stereocenters. The molecule has 0 saturated carbocycles. The molecule has 0 unspecified atom stereocenters. The molecule has 126 valence electrons. The fourth-order valence-corrected chi connectivity index (χ4v) is 2.74. The third kappa shape index (κ3) is 3.74. The van der Waals surface area contributed by atoms with Crippen LogP contribution in [-0.4, -0.2) is 18.7 Å². The minimum atomic E-state index is 0.0922. The number of aromatic nitrogens is 1. The minimum Gasteiger partial charge on any atom is -0.493 e. The van der Waals surface area contributed by atoms with E-state index in [2.05, 4.69) is 10.9 Å². The molecule has 0 radical (unpaired) electrons. The SMILES string of the molecule is C#CCOc1c(Cl)cc(/C=C(\Cl)c2nc3ccccc3o2)cc1OC. The lowest BCUT2D eigenvalue weighted by atomic mass is 10.2. The van der Waals surface area contributed by atoms with Gasteiger partial charge in [-0.05, 0) is 35.9 Å². The van der Waals surface area contributed by atoms with Gasteiger partial charge >= 0.3 is 0 Å². The highest BCUT2D eigenvalue weighted by Gasteiger charge is 2.13. The summed E-state index contributed by atoms with van der Waals surface area (Å²) in [7, 11) is 1.52. The highest BCUT2D eigenvalue weighted by atomic mass is 35.5. The summed E-state index contributed by atoms with van der Waals surface area (Å²) in [4.78, 5) is 4.35. The number of benzene rings is 2. The second kappa shape index (κ2) is 7.52. The third-order valence-electron chi connectivity index (χ3n) is 3.34. The number of methoxy groups -OCH3 is 1. The van der Waals surface area contributed by atoms with E-state index in [1.807, 2.05) is 24.3 Å². The molecule has 4 nitrogen and oxygen atoms in total. The van der Waals surface area contributed by atoms with E-state index in [-0.39, 0.29) is 6.61 Å². The average molecular weight is 374 g/mol. The number of rotatable bonds is 5. The van der Waals surface area contributed by atoms with Crippen molar-refractivity contribution in [2.75, 3.05) is 13.7 Å². The first-order valence-corrected chi connectivity index (χ1v) is 8.05. The maximum absolute atomic E-state index is 6.35. The van der Waals surface area contributed by atoms with E-state index in [9.17, 15) is 0 Å². The van der Waals surface area contributed by atoms with E-state index in [1.165, 1.54) is 7.11 Å². The van der Waals surface area contributed by atoms with Gasteiger partial charge in [-0.15, -0.1) is 6.42 Å². The summed E-state index contributed by atoms with van der Waals surface area (Å²) in [6.07, 6.45) is 6.89. The molecule has 25 heavy (non-hydrogen) atoms. The van der Waals surface area contributed by atoms with Gasteiger partial charge in [0.1, 0.15) is 17.2 Å². The Kier molecular flexibility index (Phi) is 5.18. The summed E-state index contributed by atoms with van der Waals surface area (Å²) in [5.41, 5.74) is 2.11. The van der Waals surface area contributed by atoms with Crippen LogP contribution < -0.4 is 9.47 Å². The van der Waals surface area contributed by atoms with Crippen molar-refractivity contribution in [1.29, 1.82) is 0 Å². The van der Waals surface area contributed by atoms with Crippen LogP contribution in [-0.2, 0) is 0 Å². The lowest BCUT2D eigenvalue weighted by Crippen LogP contribution is -1.98. The molecule has 1 heterocycles. The molecule has 6 heteroatoms. The topological polar surface area (TPSA) is 44.5 Å². The lowest BCUT2D eigenvalue weighted by molar-refractivity contribution is 0.331. The maximum atomic E-state index is 6.35. The fraction of sp³-hybridized carbons (Fsp3) is 0.105. The molecular weight excluding hydrogens is 361 g/mol. The number of oxazole rings is 1. The van der Waals surface area contributed by atoms with Crippen LogP contribution >= 0.6 is 23.2 Å². The number of ether oxygens (including phenoxy) is 2. The van der Waals surface area contributed by atoms with Crippen LogP contribution in [0.3, 0.4) is 0 Å². The summed E-state index contributed by atoms with van der Waals surface area (Å²) in [5, 5.41) is 0.703. The van der Waals surface area contributed by atoms with Crippen molar-refractivity contribution in [3.8, 4) is 23.8 Å². The van der Waals surface area contributed by atoms with Gasteiger partial charge in [-0.25, -0.2) is 4.98 Å². The van der Waals surface area contributed by atoms with E-state index in [0.29, 0.717) is 38.6 Å². The van der Waals surface area contributed by atoms with E-state index in [0.717, 1.165) is 5.52 Å². The van der Waals surface area contributed by atoms with Gasteiger partial charge < -0.3 is 13.9 Å². The van der Waals surface area contributed by atoms with E-state index in [1.54, 1.807) is 18.2 Å². The third-order valence-corrected chi connectivity index (χ3v) is 3.89. The zero-order valence-electron chi connectivity index (χ0n) is 13.3. The molecule has 0 N–H and O–H groups in total. The molecule has 1 aromatic heterocycles. The molecule has 2 aromatic carbocycles. The molecule has 0 aliphatic rings. The van der Waals surface area contributed by atoms with Crippen LogP contribution in [0.25, 0.3) is 22.2 Å². The molecule has 0 bridgehead atoms. The van der Waals surface area contributed by atoms with Gasteiger partial charge in [0.25, 0.3) is 0 Å². The fourth-order valence-electron chi connectivity index (χ4n) is 2.26. The lowest BCUT2D eigenvalue weighted by Gasteiger charge is -2.11. The van der Waals surface area contributed by atoms with Crippen molar-refractivity contribution in [2.45, 2.75) is 0 Å². The molecule has 0 aliphatic carbocycles. The molecule has 3 rings (SSSR count). The largest absolute Gasteiger partial charge is 0.493 e. The average Bonchev–Trinajstić information content (AvgIpc) is 3.04. The molecule has 0 fully saturated rings. The Hall–Kier alpha value is -2.61. The predicted molar refractivity (Wildman–Crippen MR) is 100 cm³/mol. The van der Waals surface area contributed by atoms with Gasteiger partial charge in [-0.1, -0.05) is 41.3 Å². The Morgan fingerprint density at radius 2 is 2.16 bits per heavy atom. The zero-order chi connectivity index (χ0) is 17.8. The summed E-state index contributed by atoms with van der Waals surface area (Å²) in [6, 6.07) is 10.9. The van der Waals surface area contributed by atoms with Crippen LogP contribution in [0.2, 0.25) is 5.02 Å². The number of hydrogen-bond acceptors (Lipinski definition) is 4. The second-order valence-corrected chi connectivity index (χ2v) is 5.82. The van der Waals surface area contributed by atoms with Crippen LogP contribution in [0.5, 0.6) is 11.5 Å². The van der Waals surface area contributed by atoms with Crippen LogP contribution in [0.15, 0.2) is 40.8 Å². The van der Waals surface area contributed by atoms with Gasteiger partial charge in [-0.2, -0.15) is 0 Å². The number of halogens is 2. The summed E-state index contributed by atoms with van der Waals surface area (Å²) in [5.74, 6) is 3.55. The van der Waals surface area contributed by atoms with Crippen molar-refractivity contribution in [3.63, 3.8) is 0 Å². The zero-order valence-corrected chi connectivity index (χ0v) is 14.8. The first kappa shape index (κ1) is 17.2. The Balaban J connectivity index is 1.96. The maximum Gasteiger partial charge on any atom is 0.238 e. The molecule has 0 amide bonds. The summed E-state index contributed by atoms with van der Waals surface area (Å²) >= 11 is 12.6. The van der Waals surface area contributed by atoms with Gasteiger partial charge in [0.05, 0.1) is 12.1 Å². The number of hydrogen-bond donors (Lipinski definition) is 0. The van der Waals surface area contributed by atoms with Gasteiger partial charge in [0, 0.05) is 0 Å². The van der Waals surface area contributed by atoms with Crippen LogP contribution in [0.1, 0.15) is 11.5 Å². The van der Waals surface area contributed by atoms with Crippen molar-refractivity contribution >= 4 is 45.4 Å². The summed E-state index contributed by atoms with van der Waals surface area (Å²) in [6.45, 7) is 0.0922. The Bertz CT molecular complexity index is 953. The molecule has 0 saturated heterocycles. The Morgan fingerprint density at radius 3 is 2.88 bits per heavy atom. The number of para-hydroxylation sites is 2. The molecule has 0 aliphatic heterocycles. The smallest absolute Gasteiger partial charge is 0.238 e. The van der Waals surface area contributed by atoms with E-state index < -0.39 is 0 Å². The normalized spacial score (nSPS) is 11.4. The van der Waals surface area contributed by atoms with Gasteiger partial charge in [0.2, 0.25) is 5.89 Å². The minimum absolute atomic E-state index is 0.0922. The Morgan fingerprint density at radius 1 is 1.36 bits per heavy atom. The quantitative estimate of drug-likeness (QED) is 0.573. The van der Waals surface area contributed by atoms with Crippen molar-refractivity contribution in [3.05, 3.63) is 52.9 Å². The van der Waals surface area contributed by atoms with Gasteiger partial charge in [-0.3, -0.25) is 0 Å². The first-order valence-electron chi connectivity index (χ1n) is 7.29. The van der Waals surface area contributed by atoms with E-state index >= 15 is 0 Å².